The molecule has 5 heterocycles. The average molecular weight is 741 g/mol. The fraction of sp³-hybridized carbons (Fsp3) is 0.350. The number of hydrogen-bond acceptors (Lipinski definition) is 7. The fourth-order valence-corrected chi connectivity index (χ4v) is 7.96. The van der Waals surface area contributed by atoms with Gasteiger partial charge in [-0.1, -0.05) is 53.5 Å². The molecule has 2 aliphatic rings. The molecule has 270 valence electrons. The standard InChI is InChI=1S/C40H43Cl2N7O3/c1-24(50)49-17-14-28(15-18-49)45-21-27-23-48(2)40-30(27)10-11-34(47-40)33-6-4-5-31(37(33)41)32-13-16-44-39(38(32)42)25-7-8-26(35(19-25)52-3)20-43-22-29-9-12-36(51)46-29/h4-8,10-11,13,16,19,23,28-29,43,45H,9,12,14-15,17-18,20-22H2,1-3H3,(H,46,51)/t29-/m1/s1. The van der Waals surface area contributed by atoms with Crippen LogP contribution in [-0.2, 0) is 29.7 Å². The number of aromatic nitrogens is 3. The molecule has 2 fully saturated rings. The maximum atomic E-state index is 11.7. The van der Waals surface area contributed by atoms with Crippen LogP contribution < -0.4 is 20.7 Å². The summed E-state index contributed by atoms with van der Waals surface area (Å²) in [5, 5.41) is 12.2. The summed E-state index contributed by atoms with van der Waals surface area (Å²) in [7, 11) is 3.66. The molecule has 0 aliphatic carbocycles. The summed E-state index contributed by atoms with van der Waals surface area (Å²) in [4.78, 5) is 34.9. The summed E-state index contributed by atoms with van der Waals surface area (Å²) in [6.07, 6.45) is 7.20. The molecular formula is C40H43Cl2N7O3. The number of likely N-dealkylation sites (tertiary alicyclic amines) is 1. The molecule has 3 N–H and O–H groups in total. The van der Waals surface area contributed by atoms with Crippen LogP contribution in [0.5, 0.6) is 5.75 Å². The van der Waals surface area contributed by atoms with E-state index < -0.39 is 0 Å². The SMILES string of the molecule is COc1cc(-c2nccc(-c3cccc(-c4ccc5c(CNC6CCN(C(C)=O)CC6)cn(C)c5n4)c3Cl)c2Cl)ccc1CNC[C@H]1CCC(=O)N1. The summed E-state index contributed by atoms with van der Waals surface area (Å²) in [5.74, 6) is 0.978. The van der Waals surface area contributed by atoms with E-state index >= 15 is 0 Å². The van der Waals surface area contributed by atoms with Gasteiger partial charge in [-0.25, -0.2) is 4.98 Å². The minimum absolute atomic E-state index is 0.108. The first-order valence-electron chi connectivity index (χ1n) is 17.7. The second-order valence-electron chi connectivity index (χ2n) is 13.6. The van der Waals surface area contributed by atoms with Crippen molar-refractivity contribution in [3.05, 3.63) is 88.2 Å². The van der Waals surface area contributed by atoms with E-state index in [-0.39, 0.29) is 17.9 Å². The Bertz CT molecular complexity index is 2130. The summed E-state index contributed by atoms with van der Waals surface area (Å²) < 4.78 is 7.81. The Morgan fingerprint density at radius 2 is 1.77 bits per heavy atom. The number of piperidine rings is 1. The lowest BCUT2D eigenvalue weighted by Gasteiger charge is -2.31. The number of aryl methyl sites for hydroxylation is 1. The van der Waals surface area contributed by atoms with E-state index in [1.807, 2.05) is 60.5 Å². The van der Waals surface area contributed by atoms with Crippen LogP contribution in [0.15, 0.2) is 67.0 Å². The number of carbonyl (C=O) groups excluding carboxylic acids is 2. The van der Waals surface area contributed by atoms with E-state index in [1.165, 1.54) is 5.56 Å². The first-order valence-corrected chi connectivity index (χ1v) is 18.5. The Morgan fingerprint density at radius 1 is 0.981 bits per heavy atom. The molecule has 2 saturated heterocycles. The molecule has 2 aromatic carbocycles. The highest BCUT2D eigenvalue weighted by atomic mass is 35.5. The van der Waals surface area contributed by atoms with Crippen LogP contribution in [0.3, 0.4) is 0 Å². The Balaban J connectivity index is 1.10. The summed E-state index contributed by atoms with van der Waals surface area (Å²) >= 11 is 14.3. The topological polar surface area (TPSA) is 113 Å². The minimum Gasteiger partial charge on any atom is -0.496 e. The lowest BCUT2D eigenvalue weighted by molar-refractivity contribution is -0.130. The van der Waals surface area contributed by atoms with Gasteiger partial charge in [-0.2, -0.15) is 0 Å². The van der Waals surface area contributed by atoms with E-state index in [9.17, 15) is 9.59 Å². The third-order valence-electron chi connectivity index (χ3n) is 10.2. The number of nitrogens with one attached hydrogen (secondary N) is 3. The molecule has 2 amide bonds. The van der Waals surface area contributed by atoms with E-state index in [0.717, 1.165) is 89.2 Å². The number of methoxy groups -OCH3 is 1. The smallest absolute Gasteiger partial charge is 0.220 e. The molecule has 1 atom stereocenters. The zero-order chi connectivity index (χ0) is 36.4. The monoisotopic (exact) mass is 739 g/mol. The quantitative estimate of drug-likeness (QED) is 0.137. The number of amides is 2. The van der Waals surface area contributed by atoms with Crippen LogP contribution in [0, 0.1) is 0 Å². The molecular weight excluding hydrogens is 697 g/mol. The third kappa shape index (κ3) is 7.52. The Morgan fingerprint density at radius 3 is 2.52 bits per heavy atom. The van der Waals surface area contributed by atoms with Gasteiger partial charge in [0.25, 0.3) is 0 Å². The van der Waals surface area contributed by atoms with Gasteiger partial charge < -0.3 is 30.2 Å². The molecule has 5 aromatic rings. The summed E-state index contributed by atoms with van der Waals surface area (Å²) in [6.45, 7) is 5.26. The average Bonchev–Trinajstić information content (AvgIpc) is 3.72. The molecule has 52 heavy (non-hydrogen) atoms. The van der Waals surface area contributed by atoms with Crippen molar-refractivity contribution >= 4 is 46.0 Å². The zero-order valence-electron chi connectivity index (χ0n) is 29.6. The van der Waals surface area contributed by atoms with Crippen LogP contribution >= 0.6 is 23.2 Å². The number of carbonyl (C=O) groups is 2. The first-order chi connectivity index (χ1) is 25.2. The van der Waals surface area contributed by atoms with Gasteiger partial charge in [0, 0.05) is 111 Å². The van der Waals surface area contributed by atoms with Crippen molar-refractivity contribution < 1.29 is 14.3 Å². The molecule has 0 bridgehead atoms. The number of rotatable bonds is 11. The second-order valence-corrected chi connectivity index (χ2v) is 14.4. The predicted octanol–water partition coefficient (Wildman–Crippen LogP) is 6.75. The number of ether oxygens (including phenoxy) is 1. The summed E-state index contributed by atoms with van der Waals surface area (Å²) in [6, 6.07) is 18.4. The molecule has 0 spiro atoms. The van der Waals surface area contributed by atoms with Crippen molar-refractivity contribution in [2.45, 2.75) is 57.8 Å². The van der Waals surface area contributed by atoms with Gasteiger partial charge in [-0.15, -0.1) is 0 Å². The van der Waals surface area contributed by atoms with Crippen molar-refractivity contribution in [3.63, 3.8) is 0 Å². The van der Waals surface area contributed by atoms with Crippen molar-refractivity contribution in [3.8, 4) is 39.4 Å². The van der Waals surface area contributed by atoms with E-state index in [2.05, 4.69) is 37.8 Å². The van der Waals surface area contributed by atoms with Crippen molar-refractivity contribution in [2.75, 3.05) is 26.7 Å². The molecule has 0 saturated carbocycles. The number of nitrogens with zero attached hydrogens (tertiary/aromatic N) is 4. The van der Waals surface area contributed by atoms with Crippen molar-refractivity contribution in [2.24, 2.45) is 7.05 Å². The number of pyridine rings is 2. The van der Waals surface area contributed by atoms with Gasteiger partial charge in [-0.3, -0.25) is 14.6 Å². The molecule has 3 aromatic heterocycles. The van der Waals surface area contributed by atoms with Gasteiger partial charge >= 0.3 is 0 Å². The largest absolute Gasteiger partial charge is 0.496 e. The number of hydrogen-bond donors (Lipinski definition) is 3. The Hall–Kier alpha value is -4.48. The highest BCUT2D eigenvalue weighted by molar-refractivity contribution is 6.39. The lowest BCUT2D eigenvalue weighted by Crippen LogP contribution is -2.43. The number of halogens is 2. The van der Waals surface area contributed by atoms with Gasteiger partial charge in [-0.05, 0) is 49.1 Å². The fourth-order valence-electron chi connectivity index (χ4n) is 7.32. The number of benzene rings is 2. The van der Waals surface area contributed by atoms with E-state index in [0.29, 0.717) is 41.3 Å². The highest BCUT2D eigenvalue weighted by Gasteiger charge is 2.23. The first kappa shape index (κ1) is 35.9. The van der Waals surface area contributed by atoms with Crippen molar-refractivity contribution in [1.82, 2.24) is 35.4 Å². The van der Waals surface area contributed by atoms with E-state index in [1.54, 1.807) is 20.2 Å². The van der Waals surface area contributed by atoms with Gasteiger partial charge in [0.05, 0.1) is 28.5 Å². The molecule has 7 rings (SSSR count). The number of fused-ring (bicyclic) bond motifs is 1. The van der Waals surface area contributed by atoms with Crippen LogP contribution in [0.4, 0.5) is 0 Å². The zero-order valence-corrected chi connectivity index (χ0v) is 31.2. The molecule has 12 heteroatoms. The van der Waals surface area contributed by atoms with Gasteiger partial charge in [0.2, 0.25) is 11.8 Å². The highest BCUT2D eigenvalue weighted by Crippen LogP contribution is 2.42. The van der Waals surface area contributed by atoms with Gasteiger partial charge in [0.15, 0.2) is 0 Å². The molecule has 0 radical (unpaired) electrons. The van der Waals surface area contributed by atoms with E-state index in [4.69, 9.17) is 32.9 Å². The third-order valence-corrected chi connectivity index (χ3v) is 11.0. The second kappa shape index (κ2) is 15.6. The van der Waals surface area contributed by atoms with Gasteiger partial charge in [0.1, 0.15) is 11.4 Å². The molecule has 2 aliphatic heterocycles. The van der Waals surface area contributed by atoms with Crippen LogP contribution in [0.1, 0.15) is 43.7 Å². The van der Waals surface area contributed by atoms with Crippen LogP contribution in [0.25, 0.3) is 44.7 Å². The Kier molecular flexibility index (Phi) is 10.8. The predicted molar refractivity (Wildman–Crippen MR) is 206 cm³/mol. The maximum absolute atomic E-state index is 11.7. The molecule has 0 unspecified atom stereocenters. The summed E-state index contributed by atoms with van der Waals surface area (Å²) in [5.41, 5.74) is 7.64. The van der Waals surface area contributed by atoms with Crippen molar-refractivity contribution in [1.29, 1.82) is 0 Å². The maximum Gasteiger partial charge on any atom is 0.220 e. The van der Waals surface area contributed by atoms with Crippen LogP contribution in [0.2, 0.25) is 10.0 Å². The Labute approximate surface area is 313 Å². The normalized spacial score (nSPS) is 16.4. The van der Waals surface area contributed by atoms with Crippen LogP contribution in [-0.4, -0.2) is 70.1 Å². The minimum atomic E-state index is 0.108. The molecule has 10 nitrogen and oxygen atoms in total. The lowest BCUT2D eigenvalue weighted by atomic mass is 9.99.